The van der Waals surface area contributed by atoms with E-state index in [1.54, 1.807) is 17.0 Å². The Kier molecular flexibility index (Phi) is 8.30. The minimum Gasteiger partial charge on any atom is -0.444 e. The normalized spacial score (nSPS) is 20.0. The predicted molar refractivity (Wildman–Crippen MR) is 120 cm³/mol. The second-order valence-electron chi connectivity index (χ2n) is 9.78. The SMILES string of the molecule is Cc1ccc(F)c(C(CNC2CCOCC2)NC2CCN(C(=O)OC(C)(C)C)CC2)c1. The van der Waals surface area contributed by atoms with Gasteiger partial charge in [-0.25, -0.2) is 9.18 Å². The van der Waals surface area contributed by atoms with Crippen molar-refractivity contribution in [3.8, 4) is 0 Å². The van der Waals surface area contributed by atoms with Crippen molar-refractivity contribution in [2.45, 2.75) is 77.1 Å². The molecule has 2 aliphatic rings. The van der Waals surface area contributed by atoms with Crippen LogP contribution in [0, 0.1) is 12.7 Å². The van der Waals surface area contributed by atoms with E-state index in [9.17, 15) is 9.18 Å². The van der Waals surface area contributed by atoms with Crippen LogP contribution in [0.1, 0.15) is 63.6 Å². The molecular weight excluding hydrogens is 397 g/mol. The Labute approximate surface area is 185 Å². The minimum atomic E-state index is -0.490. The maximum absolute atomic E-state index is 14.7. The number of carbonyl (C=O) groups excluding carboxylic acids is 1. The highest BCUT2D eigenvalue weighted by Crippen LogP contribution is 2.23. The molecule has 3 rings (SSSR count). The standard InChI is InChI=1S/C24H38FN3O3/c1-17-5-6-21(25)20(15-17)22(16-26-18-9-13-30-14-10-18)27-19-7-11-28(12-8-19)23(29)31-24(2,3)4/h5-6,15,18-19,22,26-27H,7-14,16H2,1-4H3. The molecule has 2 N–H and O–H groups in total. The van der Waals surface area contributed by atoms with E-state index in [1.807, 2.05) is 33.8 Å². The molecule has 2 saturated heterocycles. The second kappa shape index (κ2) is 10.7. The Balaban J connectivity index is 1.60. The number of hydrogen-bond donors (Lipinski definition) is 2. The van der Waals surface area contributed by atoms with Crippen LogP contribution in [0.2, 0.25) is 0 Å². The Morgan fingerprint density at radius 2 is 1.87 bits per heavy atom. The fourth-order valence-corrected chi connectivity index (χ4v) is 4.21. The fraction of sp³-hybridized carbons (Fsp3) is 0.708. The van der Waals surface area contributed by atoms with Gasteiger partial charge in [-0.2, -0.15) is 0 Å². The molecule has 2 heterocycles. The highest BCUT2D eigenvalue weighted by molar-refractivity contribution is 5.68. The largest absolute Gasteiger partial charge is 0.444 e. The molecule has 1 unspecified atom stereocenters. The maximum atomic E-state index is 14.7. The van der Waals surface area contributed by atoms with Crippen LogP contribution in [0.25, 0.3) is 0 Å². The maximum Gasteiger partial charge on any atom is 0.410 e. The van der Waals surface area contributed by atoms with E-state index < -0.39 is 5.60 Å². The van der Waals surface area contributed by atoms with Crippen LogP contribution in [0.5, 0.6) is 0 Å². The van der Waals surface area contributed by atoms with Gasteiger partial charge in [0.25, 0.3) is 0 Å². The van der Waals surface area contributed by atoms with Gasteiger partial charge in [-0.15, -0.1) is 0 Å². The smallest absolute Gasteiger partial charge is 0.410 e. The van der Waals surface area contributed by atoms with Gasteiger partial charge in [-0.1, -0.05) is 17.7 Å². The van der Waals surface area contributed by atoms with E-state index in [0.29, 0.717) is 31.2 Å². The molecule has 2 aliphatic heterocycles. The number of ether oxygens (including phenoxy) is 2. The monoisotopic (exact) mass is 435 g/mol. The molecule has 6 nitrogen and oxygen atoms in total. The summed E-state index contributed by atoms with van der Waals surface area (Å²) in [6.45, 7) is 11.1. The number of halogens is 1. The van der Waals surface area contributed by atoms with Gasteiger partial charge in [0.1, 0.15) is 11.4 Å². The first-order valence-corrected chi connectivity index (χ1v) is 11.5. The van der Waals surface area contributed by atoms with Gasteiger partial charge in [-0.05, 0) is 59.4 Å². The number of amides is 1. The van der Waals surface area contributed by atoms with E-state index in [2.05, 4.69) is 10.6 Å². The number of rotatable bonds is 6. The summed E-state index contributed by atoms with van der Waals surface area (Å²) in [7, 11) is 0. The van der Waals surface area contributed by atoms with E-state index in [4.69, 9.17) is 9.47 Å². The molecule has 0 bridgehead atoms. The topological polar surface area (TPSA) is 62.8 Å². The highest BCUT2D eigenvalue weighted by atomic mass is 19.1. The van der Waals surface area contributed by atoms with Crippen LogP contribution in [0.15, 0.2) is 18.2 Å². The lowest BCUT2D eigenvalue weighted by Crippen LogP contribution is -2.49. The van der Waals surface area contributed by atoms with Gasteiger partial charge in [-0.3, -0.25) is 0 Å². The molecule has 0 spiro atoms. The van der Waals surface area contributed by atoms with Crippen molar-refractivity contribution in [2.75, 3.05) is 32.8 Å². The van der Waals surface area contributed by atoms with Crippen LogP contribution in [-0.2, 0) is 9.47 Å². The molecule has 2 fully saturated rings. The lowest BCUT2D eigenvalue weighted by atomic mass is 9.98. The zero-order valence-electron chi connectivity index (χ0n) is 19.4. The molecule has 1 aromatic carbocycles. The summed E-state index contributed by atoms with van der Waals surface area (Å²) >= 11 is 0. The molecule has 31 heavy (non-hydrogen) atoms. The quantitative estimate of drug-likeness (QED) is 0.709. The Morgan fingerprint density at radius 3 is 2.52 bits per heavy atom. The minimum absolute atomic E-state index is 0.124. The average molecular weight is 436 g/mol. The van der Waals surface area contributed by atoms with Crippen LogP contribution in [0.4, 0.5) is 9.18 Å². The number of carbonyl (C=O) groups is 1. The van der Waals surface area contributed by atoms with Gasteiger partial charge in [0.2, 0.25) is 0 Å². The van der Waals surface area contributed by atoms with E-state index >= 15 is 0 Å². The Morgan fingerprint density at radius 1 is 1.19 bits per heavy atom. The Bertz CT molecular complexity index is 723. The fourth-order valence-electron chi connectivity index (χ4n) is 4.21. The van der Waals surface area contributed by atoms with Gasteiger partial charge in [0, 0.05) is 56.5 Å². The molecule has 7 heteroatoms. The van der Waals surface area contributed by atoms with Crippen molar-refractivity contribution in [2.24, 2.45) is 0 Å². The molecule has 0 saturated carbocycles. The van der Waals surface area contributed by atoms with Gasteiger partial charge < -0.3 is 25.0 Å². The van der Waals surface area contributed by atoms with Crippen molar-refractivity contribution in [3.05, 3.63) is 35.1 Å². The number of hydrogen-bond acceptors (Lipinski definition) is 5. The third-order valence-corrected chi connectivity index (χ3v) is 5.94. The molecule has 1 aromatic rings. The summed E-state index contributed by atoms with van der Waals surface area (Å²) in [6.07, 6.45) is 3.35. The van der Waals surface area contributed by atoms with Crippen molar-refractivity contribution < 1.29 is 18.7 Å². The summed E-state index contributed by atoms with van der Waals surface area (Å²) in [4.78, 5) is 14.1. The number of benzene rings is 1. The lowest BCUT2D eigenvalue weighted by Gasteiger charge is -2.36. The van der Waals surface area contributed by atoms with Crippen LogP contribution < -0.4 is 10.6 Å². The van der Waals surface area contributed by atoms with E-state index in [-0.39, 0.29) is 24.0 Å². The first-order chi connectivity index (χ1) is 14.7. The van der Waals surface area contributed by atoms with Crippen LogP contribution in [0.3, 0.4) is 0 Å². The predicted octanol–water partition coefficient (Wildman–Crippen LogP) is 3.93. The third kappa shape index (κ3) is 7.44. The summed E-state index contributed by atoms with van der Waals surface area (Å²) in [5.74, 6) is -0.178. The Hall–Kier alpha value is -1.70. The van der Waals surface area contributed by atoms with Gasteiger partial charge in [0.05, 0.1) is 0 Å². The van der Waals surface area contributed by atoms with Crippen molar-refractivity contribution in [1.82, 2.24) is 15.5 Å². The van der Waals surface area contributed by atoms with Crippen molar-refractivity contribution >= 4 is 6.09 Å². The first-order valence-electron chi connectivity index (χ1n) is 11.5. The van der Waals surface area contributed by atoms with E-state index in [0.717, 1.165) is 44.5 Å². The first kappa shape index (κ1) is 24.0. The highest BCUT2D eigenvalue weighted by Gasteiger charge is 2.29. The number of nitrogens with zero attached hydrogens (tertiary/aromatic N) is 1. The molecule has 1 atom stereocenters. The number of aryl methyl sites for hydroxylation is 1. The zero-order chi connectivity index (χ0) is 22.4. The summed E-state index contributed by atoms with van der Waals surface area (Å²) in [5.41, 5.74) is 1.26. The molecule has 174 valence electrons. The van der Waals surface area contributed by atoms with Crippen LogP contribution >= 0.6 is 0 Å². The zero-order valence-corrected chi connectivity index (χ0v) is 19.4. The summed E-state index contributed by atoms with van der Waals surface area (Å²) in [6, 6.07) is 5.80. The number of likely N-dealkylation sites (tertiary alicyclic amines) is 1. The second-order valence-corrected chi connectivity index (χ2v) is 9.78. The molecule has 0 aliphatic carbocycles. The molecule has 0 radical (unpaired) electrons. The van der Waals surface area contributed by atoms with Gasteiger partial charge >= 0.3 is 6.09 Å². The third-order valence-electron chi connectivity index (χ3n) is 5.94. The molecular formula is C24H38FN3O3. The van der Waals surface area contributed by atoms with Crippen molar-refractivity contribution in [3.63, 3.8) is 0 Å². The summed E-state index contributed by atoms with van der Waals surface area (Å²) < 4.78 is 25.7. The number of nitrogens with one attached hydrogen (secondary N) is 2. The molecule has 0 aromatic heterocycles. The average Bonchev–Trinajstić information content (AvgIpc) is 2.73. The summed E-state index contributed by atoms with van der Waals surface area (Å²) in [5, 5.41) is 7.29. The van der Waals surface area contributed by atoms with Crippen LogP contribution in [-0.4, -0.2) is 61.5 Å². The van der Waals surface area contributed by atoms with Gasteiger partial charge in [0.15, 0.2) is 0 Å². The van der Waals surface area contributed by atoms with E-state index in [1.165, 1.54) is 0 Å². The van der Waals surface area contributed by atoms with Crippen molar-refractivity contribution in [1.29, 1.82) is 0 Å². The molecule has 1 amide bonds. The lowest BCUT2D eigenvalue weighted by molar-refractivity contribution is 0.0195. The number of piperidine rings is 1.